The molecule has 2 aromatic rings. The van der Waals surface area contributed by atoms with Crippen LogP contribution in [0.25, 0.3) is 0 Å². The predicted molar refractivity (Wildman–Crippen MR) is 102 cm³/mol. The van der Waals surface area contributed by atoms with Crippen LogP contribution in [0, 0.1) is 13.8 Å². The molecule has 0 aliphatic carbocycles. The van der Waals surface area contributed by atoms with E-state index >= 15 is 0 Å². The number of hydrogen-bond donors (Lipinski definition) is 1. The van der Waals surface area contributed by atoms with E-state index in [1.54, 1.807) is 19.9 Å². The third-order valence-corrected chi connectivity index (χ3v) is 5.39. The zero-order valence-electron chi connectivity index (χ0n) is 15.0. The van der Waals surface area contributed by atoms with E-state index in [1.165, 1.54) is 6.92 Å². The Bertz CT molecular complexity index is 827. The number of hydrogen-bond acceptors (Lipinski definition) is 3. The Morgan fingerprint density at radius 3 is 2.44 bits per heavy atom. The molecule has 25 heavy (non-hydrogen) atoms. The van der Waals surface area contributed by atoms with E-state index in [9.17, 15) is 9.59 Å². The Morgan fingerprint density at radius 2 is 1.88 bits per heavy atom. The summed E-state index contributed by atoms with van der Waals surface area (Å²) in [5.74, 6) is -0.106. The van der Waals surface area contributed by atoms with Crippen molar-refractivity contribution in [2.45, 2.75) is 40.3 Å². The number of rotatable bonds is 6. The summed E-state index contributed by atoms with van der Waals surface area (Å²) in [5.41, 5.74) is 3.37. The number of carbonyl (C=O) groups excluding carboxylic acids is 2. The van der Waals surface area contributed by atoms with Gasteiger partial charge in [-0.15, -0.1) is 0 Å². The van der Waals surface area contributed by atoms with Gasteiger partial charge in [0.25, 0.3) is 0 Å². The fourth-order valence-electron chi connectivity index (χ4n) is 3.01. The van der Waals surface area contributed by atoms with Crippen molar-refractivity contribution in [1.82, 2.24) is 9.88 Å². The fraction of sp³-hybridized carbons (Fsp3) is 0.368. The molecule has 0 saturated heterocycles. The SMILES string of the molecule is CC(=O)c1c(C)[nH]c(C(=O)[C@@H](C)N(C)Cc2cccc(Cl)c2Cl)c1C. The molecule has 0 radical (unpaired) electrons. The van der Waals surface area contributed by atoms with Crippen LogP contribution in [0.15, 0.2) is 18.2 Å². The van der Waals surface area contributed by atoms with Crippen molar-refractivity contribution in [2.75, 3.05) is 7.05 Å². The summed E-state index contributed by atoms with van der Waals surface area (Å²) in [6.07, 6.45) is 0. The minimum atomic E-state index is -0.383. The zero-order valence-corrected chi connectivity index (χ0v) is 16.5. The number of ketones is 2. The maximum atomic E-state index is 12.9. The van der Waals surface area contributed by atoms with Crippen LogP contribution >= 0.6 is 23.2 Å². The van der Waals surface area contributed by atoms with Gasteiger partial charge < -0.3 is 4.98 Å². The summed E-state index contributed by atoms with van der Waals surface area (Å²) < 4.78 is 0. The monoisotopic (exact) mass is 380 g/mol. The maximum absolute atomic E-state index is 12.9. The number of aryl methyl sites for hydroxylation is 1. The largest absolute Gasteiger partial charge is 0.355 e. The van der Waals surface area contributed by atoms with Crippen LogP contribution in [-0.2, 0) is 6.54 Å². The van der Waals surface area contributed by atoms with Crippen LogP contribution in [0.1, 0.15) is 51.5 Å². The zero-order chi connectivity index (χ0) is 18.9. The number of likely N-dealkylation sites (N-methyl/N-ethyl adjacent to an activating group) is 1. The van der Waals surface area contributed by atoms with E-state index in [-0.39, 0.29) is 17.6 Å². The number of aromatic amines is 1. The lowest BCUT2D eigenvalue weighted by Gasteiger charge is -2.24. The molecule has 1 N–H and O–H groups in total. The van der Waals surface area contributed by atoms with E-state index in [2.05, 4.69) is 4.98 Å². The molecule has 0 aliphatic heterocycles. The highest BCUT2D eigenvalue weighted by molar-refractivity contribution is 6.42. The summed E-state index contributed by atoms with van der Waals surface area (Å²) >= 11 is 12.3. The lowest BCUT2D eigenvalue weighted by atomic mass is 10.0. The second-order valence-corrected chi connectivity index (χ2v) is 7.13. The molecule has 134 valence electrons. The number of H-pyrrole nitrogens is 1. The van der Waals surface area contributed by atoms with Gasteiger partial charge in [-0.3, -0.25) is 14.5 Å². The molecule has 0 fully saturated rings. The quantitative estimate of drug-likeness (QED) is 0.729. The van der Waals surface area contributed by atoms with Gasteiger partial charge in [0, 0.05) is 17.8 Å². The first kappa shape index (κ1) is 19.7. The molecule has 0 saturated carbocycles. The van der Waals surface area contributed by atoms with E-state index in [0.717, 1.165) is 11.3 Å². The number of halogens is 2. The van der Waals surface area contributed by atoms with E-state index in [1.807, 2.05) is 31.0 Å². The Morgan fingerprint density at radius 1 is 1.24 bits per heavy atom. The van der Waals surface area contributed by atoms with Crippen molar-refractivity contribution in [1.29, 1.82) is 0 Å². The first-order valence-corrected chi connectivity index (χ1v) is 8.78. The molecule has 1 heterocycles. The molecule has 0 amide bonds. The number of aromatic nitrogens is 1. The van der Waals surface area contributed by atoms with Crippen molar-refractivity contribution < 1.29 is 9.59 Å². The third kappa shape index (κ3) is 3.97. The molecule has 2 rings (SSSR count). The summed E-state index contributed by atoms with van der Waals surface area (Å²) in [7, 11) is 1.86. The first-order valence-electron chi connectivity index (χ1n) is 8.02. The van der Waals surface area contributed by atoms with Crippen LogP contribution in [0.3, 0.4) is 0 Å². The van der Waals surface area contributed by atoms with Gasteiger partial charge in [0.1, 0.15) is 0 Å². The predicted octanol–water partition coefficient (Wildman–Crippen LogP) is 4.84. The molecule has 0 spiro atoms. The summed E-state index contributed by atoms with van der Waals surface area (Å²) in [4.78, 5) is 29.6. The van der Waals surface area contributed by atoms with Crippen LogP contribution in [-0.4, -0.2) is 34.5 Å². The van der Waals surface area contributed by atoms with Crippen molar-refractivity contribution >= 4 is 34.8 Å². The second kappa shape index (κ2) is 7.73. The second-order valence-electron chi connectivity index (χ2n) is 6.35. The molecule has 1 aromatic heterocycles. The molecule has 4 nitrogen and oxygen atoms in total. The Balaban J connectivity index is 2.24. The highest BCUT2D eigenvalue weighted by atomic mass is 35.5. The van der Waals surface area contributed by atoms with Gasteiger partial charge in [-0.2, -0.15) is 0 Å². The minimum absolute atomic E-state index is 0.0444. The smallest absolute Gasteiger partial charge is 0.196 e. The van der Waals surface area contributed by atoms with Crippen LogP contribution < -0.4 is 0 Å². The van der Waals surface area contributed by atoms with E-state index < -0.39 is 0 Å². The molecular formula is C19H22Cl2N2O2. The van der Waals surface area contributed by atoms with Gasteiger partial charge in [-0.05, 0) is 51.9 Å². The van der Waals surface area contributed by atoms with Crippen molar-refractivity contribution in [3.8, 4) is 0 Å². The van der Waals surface area contributed by atoms with Crippen LogP contribution in [0.2, 0.25) is 10.0 Å². The van der Waals surface area contributed by atoms with Gasteiger partial charge in [0.05, 0.1) is 21.8 Å². The van der Waals surface area contributed by atoms with E-state index in [0.29, 0.717) is 33.4 Å². The summed E-state index contributed by atoms with van der Waals surface area (Å²) in [6, 6.07) is 5.07. The molecule has 0 aliphatic rings. The van der Waals surface area contributed by atoms with Crippen molar-refractivity contribution in [3.05, 3.63) is 56.3 Å². The number of nitrogens with zero attached hydrogens (tertiary/aromatic N) is 1. The summed E-state index contributed by atoms with van der Waals surface area (Å²) in [5, 5.41) is 0.995. The third-order valence-electron chi connectivity index (χ3n) is 4.53. The lowest BCUT2D eigenvalue weighted by Crippen LogP contribution is -2.36. The van der Waals surface area contributed by atoms with Gasteiger partial charge in [0.2, 0.25) is 0 Å². The van der Waals surface area contributed by atoms with Gasteiger partial charge >= 0.3 is 0 Å². The maximum Gasteiger partial charge on any atom is 0.196 e. The van der Waals surface area contributed by atoms with Crippen molar-refractivity contribution in [2.24, 2.45) is 0 Å². The van der Waals surface area contributed by atoms with Gasteiger partial charge in [-0.25, -0.2) is 0 Å². The standard InChI is InChI=1S/C19H22Cl2N2O2/c1-10-16(13(4)24)11(2)22-18(10)19(25)12(3)23(5)9-14-7-6-8-15(20)17(14)21/h6-8,12,22H,9H2,1-5H3/t12-/m1/s1. The molecule has 0 bridgehead atoms. The number of carbonyl (C=O) groups is 2. The van der Waals surface area contributed by atoms with Crippen molar-refractivity contribution in [3.63, 3.8) is 0 Å². The molecule has 1 atom stereocenters. The highest BCUT2D eigenvalue weighted by Gasteiger charge is 2.26. The van der Waals surface area contributed by atoms with Gasteiger partial charge in [-0.1, -0.05) is 35.3 Å². The number of Topliss-reactive ketones (excluding diaryl/α,β-unsaturated/α-hetero) is 2. The van der Waals surface area contributed by atoms with Gasteiger partial charge in [0.15, 0.2) is 11.6 Å². The fourth-order valence-corrected chi connectivity index (χ4v) is 3.39. The molecule has 0 unspecified atom stereocenters. The summed E-state index contributed by atoms with van der Waals surface area (Å²) in [6.45, 7) is 7.44. The Hall–Kier alpha value is -1.62. The Labute approximate surface area is 158 Å². The highest BCUT2D eigenvalue weighted by Crippen LogP contribution is 2.27. The molecule has 6 heteroatoms. The normalized spacial score (nSPS) is 12.5. The Kier molecular flexibility index (Phi) is 6.09. The molecular weight excluding hydrogens is 359 g/mol. The molecule has 1 aromatic carbocycles. The van der Waals surface area contributed by atoms with E-state index in [4.69, 9.17) is 23.2 Å². The lowest BCUT2D eigenvalue weighted by molar-refractivity contribution is 0.0856. The topological polar surface area (TPSA) is 53.2 Å². The number of nitrogens with one attached hydrogen (secondary N) is 1. The average Bonchev–Trinajstić information content (AvgIpc) is 2.85. The minimum Gasteiger partial charge on any atom is -0.355 e. The first-order chi connectivity index (χ1) is 11.6. The van der Waals surface area contributed by atoms with Crippen LogP contribution in [0.4, 0.5) is 0 Å². The average molecular weight is 381 g/mol. The number of benzene rings is 1. The van der Waals surface area contributed by atoms with Crippen LogP contribution in [0.5, 0.6) is 0 Å².